The SMILES string of the molecule is Fc1ccc(N2CCC(CNc3ncnc4c(F)cccc34)C2)cc1. The summed E-state index contributed by atoms with van der Waals surface area (Å²) in [5.41, 5.74) is 1.37. The van der Waals surface area contributed by atoms with Crippen molar-refractivity contribution in [2.45, 2.75) is 6.42 Å². The van der Waals surface area contributed by atoms with E-state index in [0.717, 1.165) is 31.7 Å². The van der Waals surface area contributed by atoms with E-state index in [1.807, 2.05) is 18.2 Å². The lowest BCUT2D eigenvalue weighted by atomic mass is 10.1. The first-order valence-corrected chi connectivity index (χ1v) is 8.34. The number of anilines is 2. The zero-order valence-electron chi connectivity index (χ0n) is 13.6. The molecule has 0 aliphatic carbocycles. The van der Waals surface area contributed by atoms with Crippen LogP contribution in [0.4, 0.5) is 20.3 Å². The Hall–Kier alpha value is -2.76. The molecule has 1 saturated heterocycles. The second-order valence-electron chi connectivity index (χ2n) is 6.32. The van der Waals surface area contributed by atoms with Crippen molar-refractivity contribution < 1.29 is 8.78 Å². The van der Waals surface area contributed by atoms with Crippen LogP contribution < -0.4 is 10.2 Å². The van der Waals surface area contributed by atoms with E-state index in [1.165, 1.54) is 24.5 Å². The van der Waals surface area contributed by atoms with Gasteiger partial charge >= 0.3 is 0 Å². The number of rotatable bonds is 4. The second kappa shape index (κ2) is 6.63. The zero-order chi connectivity index (χ0) is 17.2. The van der Waals surface area contributed by atoms with Crippen LogP contribution in [0.25, 0.3) is 10.9 Å². The Balaban J connectivity index is 1.43. The molecule has 0 saturated carbocycles. The lowest BCUT2D eigenvalue weighted by molar-refractivity contribution is 0.620. The fourth-order valence-corrected chi connectivity index (χ4v) is 3.32. The van der Waals surface area contributed by atoms with Gasteiger partial charge in [0.05, 0.1) is 0 Å². The maximum absolute atomic E-state index is 13.8. The predicted molar refractivity (Wildman–Crippen MR) is 94.7 cm³/mol. The Morgan fingerprint density at radius 2 is 1.92 bits per heavy atom. The van der Waals surface area contributed by atoms with Crippen LogP contribution in [0.5, 0.6) is 0 Å². The van der Waals surface area contributed by atoms with E-state index in [4.69, 9.17) is 0 Å². The average molecular weight is 340 g/mol. The number of para-hydroxylation sites is 1. The number of hydrogen-bond acceptors (Lipinski definition) is 4. The minimum atomic E-state index is -0.341. The highest BCUT2D eigenvalue weighted by molar-refractivity contribution is 5.89. The van der Waals surface area contributed by atoms with E-state index in [1.54, 1.807) is 6.07 Å². The molecular formula is C19H18F2N4. The standard InChI is InChI=1S/C19H18F2N4/c20-14-4-6-15(7-5-14)25-9-8-13(11-25)10-22-19-16-2-1-3-17(21)18(16)23-12-24-19/h1-7,12-13H,8-11H2,(H,22,23,24). The third-order valence-corrected chi connectivity index (χ3v) is 4.65. The fourth-order valence-electron chi connectivity index (χ4n) is 3.32. The van der Waals surface area contributed by atoms with Gasteiger partial charge in [0.25, 0.3) is 0 Å². The molecule has 4 rings (SSSR count). The van der Waals surface area contributed by atoms with Gasteiger partial charge in [0, 0.05) is 30.7 Å². The highest BCUT2D eigenvalue weighted by Gasteiger charge is 2.23. The van der Waals surface area contributed by atoms with Crippen LogP contribution in [-0.4, -0.2) is 29.6 Å². The summed E-state index contributed by atoms with van der Waals surface area (Å²) >= 11 is 0. The second-order valence-corrected chi connectivity index (χ2v) is 6.32. The Morgan fingerprint density at radius 3 is 2.76 bits per heavy atom. The number of nitrogens with one attached hydrogen (secondary N) is 1. The minimum absolute atomic E-state index is 0.218. The number of aromatic nitrogens is 2. The first kappa shape index (κ1) is 15.7. The number of nitrogens with zero attached hydrogens (tertiary/aromatic N) is 3. The molecule has 25 heavy (non-hydrogen) atoms. The maximum atomic E-state index is 13.8. The van der Waals surface area contributed by atoms with Crippen molar-refractivity contribution >= 4 is 22.4 Å². The molecule has 0 bridgehead atoms. The lowest BCUT2D eigenvalue weighted by Crippen LogP contribution is -2.22. The van der Waals surface area contributed by atoms with Gasteiger partial charge in [-0.05, 0) is 48.7 Å². The highest BCUT2D eigenvalue weighted by atomic mass is 19.1. The summed E-state index contributed by atoms with van der Waals surface area (Å²) in [4.78, 5) is 10.5. The molecule has 0 spiro atoms. The first-order valence-electron chi connectivity index (χ1n) is 8.34. The van der Waals surface area contributed by atoms with Crippen molar-refractivity contribution in [3.8, 4) is 0 Å². The van der Waals surface area contributed by atoms with Crippen molar-refractivity contribution in [2.75, 3.05) is 29.9 Å². The van der Waals surface area contributed by atoms with Crippen LogP contribution in [0.3, 0.4) is 0 Å². The summed E-state index contributed by atoms with van der Waals surface area (Å²) in [6.45, 7) is 2.59. The molecule has 6 heteroatoms. The molecule has 1 aliphatic rings. The molecule has 0 amide bonds. The maximum Gasteiger partial charge on any atom is 0.149 e. The smallest absolute Gasteiger partial charge is 0.149 e. The fraction of sp³-hybridized carbons (Fsp3) is 0.263. The van der Waals surface area contributed by atoms with Crippen molar-refractivity contribution in [1.82, 2.24) is 9.97 Å². The van der Waals surface area contributed by atoms with Gasteiger partial charge in [-0.25, -0.2) is 18.7 Å². The largest absolute Gasteiger partial charge is 0.371 e. The predicted octanol–water partition coefficient (Wildman–Crippen LogP) is 3.85. The molecule has 128 valence electrons. The average Bonchev–Trinajstić information content (AvgIpc) is 3.10. The van der Waals surface area contributed by atoms with Crippen molar-refractivity contribution in [1.29, 1.82) is 0 Å². The molecular weight excluding hydrogens is 322 g/mol. The third-order valence-electron chi connectivity index (χ3n) is 4.65. The monoisotopic (exact) mass is 340 g/mol. The number of halogens is 2. The summed E-state index contributed by atoms with van der Waals surface area (Å²) in [6.07, 6.45) is 2.43. The normalized spacial score (nSPS) is 17.2. The molecule has 1 atom stereocenters. The molecule has 1 aliphatic heterocycles. The van der Waals surface area contributed by atoms with E-state index in [0.29, 0.717) is 22.6 Å². The van der Waals surface area contributed by atoms with E-state index in [9.17, 15) is 8.78 Å². The summed E-state index contributed by atoms with van der Waals surface area (Å²) in [5.74, 6) is 0.545. The Labute approximate surface area is 144 Å². The molecule has 2 heterocycles. The van der Waals surface area contributed by atoms with Gasteiger partial charge in [-0.15, -0.1) is 0 Å². The van der Waals surface area contributed by atoms with Crippen molar-refractivity contribution in [2.24, 2.45) is 5.92 Å². The highest BCUT2D eigenvalue weighted by Crippen LogP contribution is 2.26. The number of benzene rings is 2. The van der Waals surface area contributed by atoms with E-state index < -0.39 is 0 Å². The van der Waals surface area contributed by atoms with Gasteiger partial charge in [0.2, 0.25) is 0 Å². The molecule has 2 aromatic carbocycles. The first-order chi connectivity index (χ1) is 12.2. The van der Waals surface area contributed by atoms with E-state index in [2.05, 4.69) is 20.2 Å². The molecule has 1 fully saturated rings. The van der Waals surface area contributed by atoms with Gasteiger partial charge in [-0.3, -0.25) is 0 Å². The Morgan fingerprint density at radius 1 is 1.08 bits per heavy atom. The number of fused-ring (bicyclic) bond motifs is 1. The molecule has 3 aromatic rings. The molecule has 0 radical (unpaired) electrons. The minimum Gasteiger partial charge on any atom is -0.371 e. The molecule has 1 N–H and O–H groups in total. The van der Waals surface area contributed by atoms with Crippen molar-refractivity contribution in [3.05, 3.63) is 60.4 Å². The van der Waals surface area contributed by atoms with E-state index in [-0.39, 0.29) is 11.6 Å². The van der Waals surface area contributed by atoms with Crippen LogP contribution in [0.1, 0.15) is 6.42 Å². The summed E-state index contributed by atoms with van der Waals surface area (Å²) < 4.78 is 26.9. The van der Waals surface area contributed by atoms with Crippen LogP contribution in [0, 0.1) is 17.6 Å². The van der Waals surface area contributed by atoms with Gasteiger partial charge in [-0.2, -0.15) is 0 Å². The van der Waals surface area contributed by atoms with Crippen LogP contribution in [-0.2, 0) is 0 Å². The Kier molecular flexibility index (Phi) is 4.17. The third kappa shape index (κ3) is 3.24. The molecule has 1 aromatic heterocycles. The summed E-state index contributed by atoms with van der Waals surface area (Å²) in [5, 5.41) is 4.02. The molecule has 1 unspecified atom stereocenters. The van der Waals surface area contributed by atoms with Gasteiger partial charge in [0.15, 0.2) is 0 Å². The van der Waals surface area contributed by atoms with Crippen LogP contribution >= 0.6 is 0 Å². The number of hydrogen-bond donors (Lipinski definition) is 1. The van der Waals surface area contributed by atoms with Gasteiger partial charge in [0.1, 0.15) is 29.3 Å². The van der Waals surface area contributed by atoms with E-state index >= 15 is 0 Å². The summed E-state index contributed by atoms with van der Waals surface area (Å²) in [6, 6.07) is 11.5. The van der Waals surface area contributed by atoms with Crippen LogP contribution in [0.2, 0.25) is 0 Å². The molecule has 4 nitrogen and oxygen atoms in total. The lowest BCUT2D eigenvalue weighted by Gasteiger charge is -2.19. The quantitative estimate of drug-likeness (QED) is 0.783. The Bertz CT molecular complexity index is 882. The topological polar surface area (TPSA) is 41.0 Å². The summed E-state index contributed by atoms with van der Waals surface area (Å²) in [7, 11) is 0. The zero-order valence-corrected chi connectivity index (χ0v) is 13.6. The van der Waals surface area contributed by atoms with Gasteiger partial charge in [-0.1, -0.05) is 6.07 Å². The van der Waals surface area contributed by atoms with Crippen molar-refractivity contribution in [3.63, 3.8) is 0 Å². The van der Waals surface area contributed by atoms with Gasteiger partial charge < -0.3 is 10.2 Å². The van der Waals surface area contributed by atoms with Crippen LogP contribution in [0.15, 0.2) is 48.8 Å².